The summed E-state index contributed by atoms with van der Waals surface area (Å²) >= 11 is 0. The molecule has 12 heteroatoms. The second kappa shape index (κ2) is 7.43. The Hall–Kier alpha value is -3.44. The van der Waals surface area contributed by atoms with E-state index in [9.17, 15) is 18.0 Å². The van der Waals surface area contributed by atoms with Crippen LogP contribution >= 0.6 is 0 Å². The average Bonchev–Trinajstić information content (AvgIpc) is 3.32. The predicted octanol–water partition coefficient (Wildman–Crippen LogP) is 3.09. The normalized spacial score (nSPS) is 16.9. The van der Waals surface area contributed by atoms with E-state index in [1.54, 1.807) is 4.57 Å². The van der Waals surface area contributed by atoms with E-state index in [2.05, 4.69) is 25.3 Å². The summed E-state index contributed by atoms with van der Waals surface area (Å²) in [6, 6.07) is 2.12. The van der Waals surface area contributed by atoms with Crippen LogP contribution in [0.25, 0.3) is 22.6 Å². The SMILES string of the molecule is CCn1c(-c2ccc(C(F)(F)F)nc2)nc2c(N[C@H]3CCN(C(=O)O)C3)ncnc21. The van der Waals surface area contributed by atoms with Crippen LogP contribution in [0.2, 0.25) is 0 Å². The zero-order chi connectivity index (χ0) is 21.5. The minimum Gasteiger partial charge on any atom is -0.465 e. The number of hydrogen-bond acceptors (Lipinski definition) is 6. The number of imidazole rings is 1. The van der Waals surface area contributed by atoms with Crippen molar-refractivity contribution >= 4 is 23.1 Å². The van der Waals surface area contributed by atoms with Gasteiger partial charge in [0.1, 0.15) is 17.8 Å². The second-order valence-corrected chi connectivity index (χ2v) is 6.86. The number of rotatable bonds is 4. The monoisotopic (exact) mass is 421 g/mol. The summed E-state index contributed by atoms with van der Waals surface area (Å²) in [5, 5.41) is 12.3. The van der Waals surface area contributed by atoms with E-state index in [1.807, 2.05) is 6.92 Å². The molecule has 1 aliphatic heterocycles. The second-order valence-electron chi connectivity index (χ2n) is 6.86. The highest BCUT2D eigenvalue weighted by Crippen LogP contribution is 2.31. The summed E-state index contributed by atoms with van der Waals surface area (Å²) in [4.78, 5) is 29.0. The molecule has 158 valence electrons. The number of carboxylic acid groups (broad SMARTS) is 1. The fourth-order valence-electron chi connectivity index (χ4n) is 3.50. The van der Waals surface area contributed by atoms with Gasteiger partial charge in [0.2, 0.25) is 0 Å². The molecule has 3 aromatic rings. The Bertz CT molecular complexity index is 1080. The van der Waals surface area contributed by atoms with Gasteiger partial charge in [0, 0.05) is 37.4 Å². The summed E-state index contributed by atoms with van der Waals surface area (Å²) < 4.78 is 40.2. The third-order valence-corrected chi connectivity index (χ3v) is 4.96. The molecule has 0 aromatic carbocycles. The van der Waals surface area contributed by atoms with Crippen LogP contribution in [0.4, 0.5) is 23.8 Å². The molecule has 2 N–H and O–H groups in total. The van der Waals surface area contributed by atoms with Crippen molar-refractivity contribution in [2.75, 3.05) is 18.4 Å². The molecule has 4 heterocycles. The Morgan fingerprint density at radius 3 is 2.70 bits per heavy atom. The summed E-state index contributed by atoms with van der Waals surface area (Å²) in [6.45, 7) is 3.11. The number of pyridine rings is 1. The van der Waals surface area contributed by atoms with E-state index >= 15 is 0 Å². The number of nitrogens with one attached hydrogen (secondary N) is 1. The van der Waals surface area contributed by atoms with Gasteiger partial charge < -0.3 is 19.9 Å². The average molecular weight is 421 g/mol. The van der Waals surface area contributed by atoms with Crippen molar-refractivity contribution in [3.63, 3.8) is 0 Å². The van der Waals surface area contributed by atoms with E-state index < -0.39 is 18.0 Å². The summed E-state index contributed by atoms with van der Waals surface area (Å²) in [5.41, 5.74) is 0.435. The number of anilines is 1. The van der Waals surface area contributed by atoms with Crippen molar-refractivity contribution in [1.29, 1.82) is 0 Å². The number of halogens is 3. The minimum atomic E-state index is -4.52. The molecule has 0 radical (unpaired) electrons. The molecule has 0 bridgehead atoms. The summed E-state index contributed by atoms with van der Waals surface area (Å²) in [7, 11) is 0. The molecule has 1 fully saturated rings. The van der Waals surface area contributed by atoms with Crippen LogP contribution in [0.3, 0.4) is 0 Å². The summed E-state index contributed by atoms with van der Waals surface area (Å²) in [5.74, 6) is 0.876. The van der Waals surface area contributed by atoms with Gasteiger partial charge in [0.25, 0.3) is 0 Å². The lowest BCUT2D eigenvalue weighted by Crippen LogP contribution is -2.30. The van der Waals surface area contributed by atoms with E-state index in [0.29, 0.717) is 54.4 Å². The van der Waals surface area contributed by atoms with Crippen molar-refractivity contribution in [1.82, 2.24) is 29.4 Å². The highest BCUT2D eigenvalue weighted by molar-refractivity contribution is 5.86. The topological polar surface area (TPSA) is 109 Å². The standard InChI is InChI=1S/C18H18F3N7O2/c1-2-28-15(10-3-4-12(22-7-10)18(19,20)21)26-13-14(23-9-24-16(13)28)25-11-5-6-27(8-11)17(29)30/h3-4,7,9,11H,2,5-6,8H2,1H3,(H,29,30)(H,23,24,25)/t11-/m0/s1. The van der Waals surface area contributed by atoms with Crippen molar-refractivity contribution in [3.05, 3.63) is 30.4 Å². The van der Waals surface area contributed by atoms with Crippen LogP contribution in [-0.4, -0.2) is 59.7 Å². The van der Waals surface area contributed by atoms with Crippen molar-refractivity contribution in [2.24, 2.45) is 0 Å². The molecule has 1 aliphatic rings. The molecule has 1 saturated heterocycles. The lowest BCUT2D eigenvalue weighted by molar-refractivity contribution is -0.141. The van der Waals surface area contributed by atoms with E-state index in [1.165, 1.54) is 17.3 Å². The summed E-state index contributed by atoms with van der Waals surface area (Å²) in [6.07, 6.45) is -2.35. The van der Waals surface area contributed by atoms with Crippen LogP contribution in [0, 0.1) is 0 Å². The van der Waals surface area contributed by atoms with E-state index in [-0.39, 0.29) is 6.04 Å². The highest BCUT2D eigenvalue weighted by atomic mass is 19.4. The Balaban J connectivity index is 1.69. The Kier molecular flexibility index (Phi) is 4.92. The number of amides is 1. The fraction of sp³-hybridized carbons (Fsp3) is 0.389. The highest BCUT2D eigenvalue weighted by Gasteiger charge is 2.32. The molecule has 9 nitrogen and oxygen atoms in total. The van der Waals surface area contributed by atoms with Crippen LogP contribution in [0.5, 0.6) is 0 Å². The number of fused-ring (bicyclic) bond motifs is 1. The first kappa shape index (κ1) is 19.9. The maximum atomic E-state index is 12.8. The van der Waals surface area contributed by atoms with Crippen LogP contribution in [0.15, 0.2) is 24.7 Å². The molecule has 0 aliphatic carbocycles. The Labute approximate surface area is 168 Å². The maximum Gasteiger partial charge on any atom is 0.433 e. The van der Waals surface area contributed by atoms with Crippen LogP contribution in [-0.2, 0) is 12.7 Å². The molecule has 0 spiro atoms. The van der Waals surface area contributed by atoms with Crippen molar-refractivity contribution in [2.45, 2.75) is 32.1 Å². The maximum absolute atomic E-state index is 12.8. The number of alkyl halides is 3. The molecule has 0 saturated carbocycles. The van der Waals surface area contributed by atoms with Gasteiger partial charge in [-0.3, -0.25) is 4.98 Å². The lowest BCUT2D eigenvalue weighted by atomic mass is 10.2. The first-order valence-corrected chi connectivity index (χ1v) is 9.27. The van der Waals surface area contributed by atoms with Gasteiger partial charge in [-0.05, 0) is 25.5 Å². The fourth-order valence-corrected chi connectivity index (χ4v) is 3.50. The Morgan fingerprint density at radius 2 is 2.10 bits per heavy atom. The quantitative estimate of drug-likeness (QED) is 0.666. The lowest BCUT2D eigenvalue weighted by Gasteiger charge is -2.14. The number of aromatic nitrogens is 5. The number of carbonyl (C=O) groups is 1. The first-order chi connectivity index (χ1) is 14.3. The van der Waals surface area contributed by atoms with Crippen molar-refractivity contribution in [3.8, 4) is 11.4 Å². The van der Waals surface area contributed by atoms with Gasteiger partial charge in [-0.15, -0.1) is 0 Å². The van der Waals surface area contributed by atoms with E-state index in [0.717, 1.165) is 12.3 Å². The Morgan fingerprint density at radius 1 is 1.30 bits per heavy atom. The molecule has 1 amide bonds. The number of likely N-dealkylation sites (tertiary alicyclic amines) is 1. The molecule has 30 heavy (non-hydrogen) atoms. The zero-order valence-electron chi connectivity index (χ0n) is 15.9. The van der Waals surface area contributed by atoms with Crippen LogP contribution in [0.1, 0.15) is 19.0 Å². The molecule has 0 unspecified atom stereocenters. The molecule has 3 aromatic heterocycles. The number of hydrogen-bond donors (Lipinski definition) is 2. The van der Waals surface area contributed by atoms with Gasteiger partial charge in [-0.2, -0.15) is 13.2 Å². The molecular weight excluding hydrogens is 403 g/mol. The van der Waals surface area contributed by atoms with Gasteiger partial charge in [0.15, 0.2) is 17.0 Å². The van der Waals surface area contributed by atoms with E-state index in [4.69, 9.17) is 5.11 Å². The van der Waals surface area contributed by atoms with Crippen LogP contribution < -0.4 is 5.32 Å². The number of aryl methyl sites for hydroxylation is 1. The smallest absolute Gasteiger partial charge is 0.433 e. The van der Waals surface area contributed by atoms with Crippen molar-refractivity contribution < 1.29 is 23.1 Å². The largest absolute Gasteiger partial charge is 0.465 e. The first-order valence-electron chi connectivity index (χ1n) is 9.27. The third-order valence-electron chi connectivity index (χ3n) is 4.96. The van der Waals surface area contributed by atoms with Gasteiger partial charge >= 0.3 is 12.3 Å². The van der Waals surface area contributed by atoms with Gasteiger partial charge in [-0.1, -0.05) is 0 Å². The zero-order valence-corrected chi connectivity index (χ0v) is 15.9. The molecule has 4 rings (SSSR count). The van der Waals surface area contributed by atoms with Gasteiger partial charge in [0.05, 0.1) is 0 Å². The number of nitrogens with zero attached hydrogens (tertiary/aromatic N) is 6. The third kappa shape index (κ3) is 3.60. The minimum absolute atomic E-state index is 0.123. The molecule has 1 atom stereocenters. The van der Waals surface area contributed by atoms with Gasteiger partial charge in [-0.25, -0.2) is 19.7 Å². The molecular formula is C18H18F3N7O2. The predicted molar refractivity (Wildman–Crippen MR) is 101 cm³/mol.